The Labute approximate surface area is 148 Å². The summed E-state index contributed by atoms with van der Waals surface area (Å²) in [4.78, 5) is 29.3. The van der Waals surface area contributed by atoms with Crippen molar-refractivity contribution < 1.29 is 4.79 Å². The number of nitrogens with zero attached hydrogens (tertiary/aromatic N) is 2. The summed E-state index contributed by atoms with van der Waals surface area (Å²) in [5.41, 5.74) is 2.93. The number of anilines is 1. The summed E-state index contributed by atoms with van der Waals surface area (Å²) >= 11 is 0. The van der Waals surface area contributed by atoms with Crippen LogP contribution in [0.15, 0.2) is 47.4 Å². The van der Waals surface area contributed by atoms with Crippen LogP contribution < -0.4 is 10.5 Å². The highest BCUT2D eigenvalue weighted by Crippen LogP contribution is 2.24. The Kier molecular flexibility index (Phi) is 3.92. The minimum absolute atomic E-state index is 0.165. The van der Waals surface area contributed by atoms with Crippen molar-refractivity contribution in [2.24, 2.45) is 0 Å². The third kappa shape index (κ3) is 2.81. The Morgan fingerprint density at radius 1 is 1.12 bits per heavy atom. The average Bonchev–Trinajstić information content (AvgIpc) is 3.38. The van der Waals surface area contributed by atoms with Crippen LogP contribution in [0, 0.1) is 0 Å². The van der Waals surface area contributed by atoms with Gasteiger partial charge < -0.3 is 4.98 Å². The molecule has 132 valence electrons. The number of rotatable bonds is 5. The highest BCUT2D eigenvalue weighted by Gasteiger charge is 2.19. The van der Waals surface area contributed by atoms with E-state index in [-0.39, 0.29) is 11.5 Å². The van der Waals surface area contributed by atoms with E-state index < -0.39 is 0 Å². The van der Waals surface area contributed by atoms with Crippen molar-refractivity contribution in [2.75, 3.05) is 11.4 Å². The minimum atomic E-state index is -0.266. The first kappa shape index (κ1) is 15.9. The Balaban J connectivity index is 1.70. The predicted molar refractivity (Wildman–Crippen MR) is 99.3 cm³/mol. The molecule has 26 heavy (non-hydrogen) atoms. The SMILES string of the molecule is CCCN(C(=O)c1ccc2cc(-c3ccn[nH]3)[nH]c2c1)c1cc(=O)[nH][nH]1. The summed E-state index contributed by atoms with van der Waals surface area (Å²) in [7, 11) is 0. The number of aromatic nitrogens is 5. The van der Waals surface area contributed by atoms with E-state index in [1.807, 2.05) is 31.2 Å². The predicted octanol–water partition coefficient (Wildman–Crippen LogP) is 2.63. The first-order valence-electron chi connectivity index (χ1n) is 8.38. The van der Waals surface area contributed by atoms with Crippen LogP contribution in [0.3, 0.4) is 0 Å². The smallest absolute Gasteiger partial charge is 0.266 e. The summed E-state index contributed by atoms with van der Waals surface area (Å²) in [6, 6.07) is 10.8. The van der Waals surface area contributed by atoms with Crippen molar-refractivity contribution in [2.45, 2.75) is 13.3 Å². The number of H-pyrrole nitrogens is 4. The van der Waals surface area contributed by atoms with Gasteiger partial charge in [0, 0.05) is 35.3 Å². The maximum absolute atomic E-state index is 13.0. The molecule has 3 heterocycles. The van der Waals surface area contributed by atoms with Gasteiger partial charge in [-0.3, -0.25) is 29.8 Å². The maximum atomic E-state index is 13.0. The van der Waals surface area contributed by atoms with Gasteiger partial charge in [-0.1, -0.05) is 13.0 Å². The molecule has 8 heteroatoms. The highest BCUT2D eigenvalue weighted by molar-refractivity contribution is 6.07. The number of aromatic amines is 4. The van der Waals surface area contributed by atoms with E-state index in [0.29, 0.717) is 17.9 Å². The zero-order chi connectivity index (χ0) is 18.1. The third-order valence-electron chi connectivity index (χ3n) is 4.23. The van der Waals surface area contributed by atoms with Crippen molar-refractivity contribution in [3.05, 3.63) is 58.5 Å². The lowest BCUT2D eigenvalue weighted by atomic mass is 10.1. The minimum Gasteiger partial charge on any atom is -0.353 e. The van der Waals surface area contributed by atoms with Gasteiger partial charge in [0.2, 0.25) is 0 Å². The van der Waals surface area contributed by atoms with Crippen molar-refractivity contribution in [3.8, 4) is 11.4 Å². The largest absolute Gasteiger partial charge is 0.353 e. The summed E-state index contributed by atoms with van der Waals surface area (Å²) in [5.74, 6) is 0.299. The lowest BCUT2D eigenvalue weighted by molar-refractivity contribution is 0.0986. The Morgan fingerprint density at radius 2 is 2.00 bits per heavy atom. The van der Waals surface area contributed by atoms with Gasteiger partial charge >= 0.3 is 0 Å². The molecule has 0 aliphatic heterocycles. The monoisotopic (exact) mass is 350 g/mol. The molecule has 0 fully saturated rings. The molecule has 0 saturated carbocycles. The van der Waals surface area contributed by atoms with Gasteiger partial charge in [0.1, 0.15) is 5.82 Å². The topological polar surface area (TPSA) is 113 Å². The van der Waals surface area contributed by atoms with E-state index in [2.05, 4.69) is 25.4 Å². The van der Waals surface area contributed by atoms with E-state index in [1.54, 1.807) is 17.2 Å². The third-order valence-corrected chi connectivity index (χ3v) is 4.23. The van der Waals surface area contributed by atoms with E-state index in [0.717, 1.165) is 28.7 Å². The molecule has 4 aromatic rings. The second-order valence-electron chi connectivity index (χ2n) is 6.06. The van der Waals surface area contributed by atoms with Crippen LogP contribution in [0.2, 0.25) is 0 Å². The molecule has 0 aliphatic rings. The fraction of sp³-hybridized carbons (Fsp3) is 0.167. The van der Waals surface area contributed by atoms with Crippen LogP contribution in [0.5, 0.6) is 0 Å². The summed E-state index contributed by atoms with van der Waals surface area (Å²) in [6.45, 7) is 2.49. The van der Waals surface area contributed by atoms with Crippen LogP contribution in [-0.2, 0) is 0 Å². The van der Waals surface area contributed by atoms with Crippen molar-refractivity contribution in [1.82, 2.24) is 25.4 Å². The number of nitrogens with one attached hydrogen (secondary N) is 4. The molecule has 0 radical (unpaired) electrons. The van der Waals surface area contributed by atoms with Gasteiger partial charge in [-0.2, -0.15) is 5.10 Å². The van der Waals surface area contributed by atoms with Crippen LogP contribution in [0.4, 0.5) is 5.82 Å². The van der Waals surface area contributed by atoms with Gasteiger partial charge in [0.05, 0.1) is 11.4 Å². The lowest BCUT2D eigenvalue weighted by Gasteiger charge is -2.20. The molecular weight excluding hydrogens is 332 g/mol. The highest BCUT2D eigenvalue weighted by atomic mass is 16.2. The first-order valence-corrected chi connectivity index (χ1v) is 8.38. The number of carbonyl (C=O) groups is 1. The number of amides is 1. The summed E-state index contributed by atoms with van der Waals surface area (Å²) < 4.78 is 0. The van der Waals surface area contributed by atoms with Gasteiger partial charge in [-0.25, -0.2) is 0 Å². The zero-order valence-electron chi connectivity index (χ0n) is 14.2. The molecule has 0 bridgehead atoms. The van der Waals surface area contributed by atoms with Gasteiger partial charge in [0.15, 0.2) is 0 Å². The van der Waals surface area contributed by atoms with Gasteiger partial charge in [-0.15, -0.1) is 0 Å². The number of fused-ring (bicyclic) bond motifs is 1. The van der Waals surface area contributed by atoms with Crippen molar-refractivity contribution >= 4 is 22.6 Å². The fourth-order valence-electron chi connectivity index (χ4n) is 2.99. The molecule has 0 spiro atoms. The molecule has 1 amide bonds. The van der Waals surface area contributed by atoms with E-state index in [4.69, 9.17) is 0 Å². The normalized spacial score (nSPS) is 11.1. The molecule has 0 atom stereocenters. The van der Waals surface area contributed by atoms with Crippen LogP contribution >= 0.6 is 0 Å². The summed E-state index contributed by atoms with van der Waals surface area (Å²) in [5, 5.41) is 13.1. The Bertz CT molecular complexity index is 1100. The van der Waals surface area contributed by atoms with Crippen molar-refractivity contribution in [1.29, 1.82) is 0 Å². The summed E-state index contributed by atoms with van der Waals surface area (Å²) in [6.07, 6.45) is 2.46. The molecule has 1 aromatic carbocycles. The molecular formula is C18H18N6O2. The van der Waals surface area contributed by atoms with Gasteiger partial charge in [0.25, 0.3) is 11.5 Å². The van der Waals surface area contributed by atoms with E-state index in [9.17, 15) is 9.59 Å². The molecule has 4 rings (SSSR count). The number of carbonyl (C=O) groups excluding carboxylic acids is 1. The second kappa shape index (κ2) is 6.40. The molecule has 0 unspecified atom stereocenters. The van der Waals surface area contributed by atoms with E-state index >= 15 is 0 Å². The Hall–Kier alpha value is -3.55. The number of hydrogen-bond acceptors (Lipinski definition) is 3. The first-order chi connectivity index (χ1) is 12.7. The molecule has 8 nitrogen and oxygen atoms in total. The van der Waals surface area contributed by atoms with E-state index in [1.165, 1.54) is 6.07 Å². The van der Waals surface area contributed by atoms with Crippen LogP contribution in [0.25, 0.3) is 22.3 Å². The zero-order valence-corrected chi connectivity index (χ0v) is 14.2. The Morgan fingerprint density at radius 3 is 2.69 bits per heavy atom. The van der Waals surface area contributed by atoms with Crippen LogP contribution in [-0.4, -0.2) is 37.8 Å². The quantitative estimate of drug-likeness (QED) is 0.444. The fourth-order valence-corrected chi connectivity index (χ4v) is 2.99. The average molecular weight is 350 g/mol. The van der Waals surface area contributed by atoms with Crippen LogP contribution in [0.1, 0.15) is 23.7 Å². The lowest BCUT2D eigenvalue weighted by Crippen LogP contribution is -2.32. The van der Waals surface area contributed by atoms with Gasteiger partial charge in [-0.05, 0) is 30.7 Å². The molecule has 4 N–H and O–H groups in total. The number of benzene rings is 1. The molecule has 0 aliphatic carbocycles. The molecule has 3 aromatic heterocycles. The van der Waals surface area contributed by atoms with Crippen molar-refractivity contribution in [3.63, 3.8) is 0 Å². The standard InChI is InChI=1S/C18H18N6O2/c1-2-7-24(16-10-17(25)23-22-16)18(26)12-4-3-11-8-15(20-14(11)9-12)13-5-6-19-21-13/h3-6,8-10,20H,2,7H2,1H3,(H,19,21)(H2,22,23,25). The number of hydrogen-bond donors (Lipinski definition) is 4. The molecule has 0 saturated heterocycles. The maximum Gasteiger partial charge on any atom is 0.266 e. The second-order valence-corrected chi connectivity index (χ2v) is 6.06.